The number of benzene rings is 2. The van der Waals surface area contributed by atoms with Crippen LogP contribution in [-0.2, 0) is 4.79 Å². The second-order valence-electron chi connectivity index (χ2n) is 5.54. The van der Waals surface area contributed by atoms with Gasteiger partial charge in [-0.3, -0.25) is 9.59 Å². The molecular formula is C19H21ClN2O3. The first kappa shape index (κ1) is 18.8. The lowest BCUT2D eigenvalue weighted by molar-refractivity contribution is -0.117. The first-order chi connectivity index (χ1) is 12.0. The van der Waals surface area contributed by atoms with Gasteiger partial charge in [-0.2, -0.15) is 0 Å². The zero-order chi connectivity index (χ0) is 18.2. The van der Waals surface area contributed by atoms with Gasteiger partial charge in [-0.05, 0) is 49.7 Å². The summed E-state index contributed by atoms with van der Waals surface area (Å²) in [5.74, 6) is -0.0568. The van der Waals surface area contributed by atoms with Crippen molar-refractivity contribution < 1.29 is 14.3 Å². The lowest BCUT2D eigenvalue weighted by Gasteiger charge is -2.16. The Morgan fingerprint density at radius 2 is 1.80 bits per heavy atom. The number of hydrogen-bond acceptors (Lipinski definition) is 3. The van der Waals surface area contributed by atoms with Gasteiger partial charge in [0.25, 0.3) is 5.91 Å². The number of carbonyl (C=O) groups excluding carboxylic acids is 2. The Bertz CT molecular complexity index is 732. The van der Waals surface area contributed by atoms with Crippen molar-refractivity contribution in [2.75, 3.05) is 11.9 Å². The van der Waals surface area contributed by atoms with Gasteiger partial charge in [-0.15, -0.1) is 0 Å². The number of halogens is 1. The molecule has 2 rings (SSSR count). The van der Waals surface area contributed by atoms with Crippen molar-refractivity contribution in [2.24, 2.45) is 0 Å². The van der Waals surface area contributed by atoms with Crippen LogP contribution in [0.2, 0.25) is 5.02 Å². The van der Waals surface area contributed by atoms with E-state index in [0.29, 0.717) is 28.6 Å². The minimum absolute atomic E-state index is 0.324. The summed E-state index contributed by atoms with van der Waals surface area (Å²) in [7, 11) is 0. The topological polar surface area (TPSA) is 67.4 Å². The molecule has 0 heterocycles. The summed E-state index contributed by atoms with van der Waals surface area (Å²) in [6.45, 7) is 4.20. The van der Waals surface area contributed by atoms with E-state index < -0.39 is 6.04 Å². The number of rotatable bonds is 7. The number of para-hydroxylation sites is 2. The molecule has 0 bridgehead atoms. The second-order valence-corrected chi connectivity index (χ2v) is 5.97. The van der Waals surface area contributed by atoms with E-state index in [2.05, 4.69) is 10.6 Å². The zero-order valence-corrected chi connectivity index (χ0v) is 15.0. The van der Waals surface area contributed by atoms with Gasteiger partial charge in [0.1, 0.15) is 11.8 Å². The van der Waals surface area contributed by atoms with Crippen molar-refractivity contribution in [3.63, 3.8) is 0 Å². The first-order valence-electron chi connectivity index (χ1n) is 8.10. The van der Waals surface area contributed by atoms with Gasteiger partial charge in [0.15, 0.2) is 0 Å². The van der Waals surface area contributed by atoms with Crippen molar-refractivity contribution in [1.82, 2.24) is 5.32 Å². The van der Waals surface area contributed by atoms with Gasteiger partial charge in [0.05, 0.1) is 12.3 Å². The van der Waals surface area contributed by atoms with E-state index >= 15 is 0 Å². The van der Waals surface area contributed by atoms with E-state index in [-0.39, 0.29) is 11.8 Å². The Morgan fingerprint density at radius 3 is 2.48 bits per heavy atom. The molecule has 0 saturated heterocycles. The molecule has 25 heavy (non-hydrogen) atoms. The SMILES string of the molecule is CCCOc1ccccc1NC(=O)C(C)NC(=O)c1ccc(Cl)cc1. The summed E-state index contributed by atoms with van der Waals surface area (Å²) in [4.78, 5) is 24.5. The summed E-state index contributed by atoms with van der Waals surface area (Å²) in [5, 5.41) is 6.00. The molecular weight excluding hydrogens is 340 g/mol. The van der Waals surface area contributed by atoms with Gasteiger partial charge in [0.2, 0.25) is 5.91 Å². The summed E-state index contributed by atoms with van der Waals surface area (Å²) in [6.07, 6.45) is 0.871. The number of anilines is 1. The van der Waals surface area contributed by atoms with Crippen LogP contribution >= 0.6 is 11.6 Å². The quantitative estimate of drug-likeness (QED) is 0.787. The van der Waals surface area contributed by atoms with Crippen LogP contribution in [-0.4, -0.2) is 24.5 Å². The maximum atomic E-state index is 12.4. The lowest BCUT2D eigenvalue weighted by Crippen LogP contribution is -2.41. The van der Waals surface area contributed by atoms with Gasteiger partial charge in [-0.1, -0.05) is 30.7 Å². The van der Waals surface area contributed by atoms with Crippen molar-refractivity contribution >= 4 is 29.1 Å². The highest BCUT2D eigenvalue weighted by molar-refractivity contribution is 6.30. The van der Waals surface area contributed by atoms with Crippen LogP contribution < -0.4 is 15.4 Å². The second kappa shape index (κ2) is 9.08. The first-order valence-corrected chi connectivity index (χ1v) is 8.48. The number of hydrogen-bond donors (Lipinski definition) is 2. The summed E-state index contributed by atoms with van der Waals surface area (Å²) in [6, 6.07) is 13.0. The molecule has 2 N–H and O–H groups in total. The number of ether oxygens (including phenoxy) is 1. The Kier molecular flexibility index (Phi) is 6.83. The standard InChI is InChI=1S/C19H21ClN2O3/c1-3-12-25-17-7-5-4-6-16(17)22-18(23)13(2)21-19(24)14-8-10-15(20)11-9-14/h4-11,13H,3,12H2,1-2H3,(H,21,24)(H,22,23). The predicted octanol–water partition coefficient (Wildman–Crippen LogP) is 3.89. The number of nitrogens with one attached hydrogen (secondary N) is 2. The number of carbonyl (C=O) groups is 2. The molecule has 2 aromatic carbocycles. The van der Waals surface area contributed by atoms with Crippen LogP contribution in [0.3, 0.4) is 0 Å². The maximum absolute atomic E-state index is 12.4. The van der Waals surface area contributed by atoms with Crippen LogP contribution in [0.15, 0.2) is 48.5 Å². The van der Waals surface area contributed by atoms with E-state index in [1.54, 1.807) is 43.3 Å². The normalized spacial score (nSPS) is 11.5. The molecule has 0 spiro atoms. The zero-order valence-electron chi connectivity index (χ0n) is 14.2. The monoisotopic (exact) mass is 360 g/mol. The summed E-state index contributed by atoms with van der Waals surface area (Å²) >= 11 is 5.81. The summed E-state index contributed by atoms with van der Waals surface area (Å²) < 4.78 is 5.61. The average Bonchev–Trinajstić information content (AvgIpc) is 2.61. The molecule has 6 heteroatoms. The molecule has 0 fully saturated rings. The van der Waals surface area contributed by atoms with Gasteiger partial charge >= 0.3 is 0 Å². The molecule has 2 amide bonds. The Balaban J connectivity index is 1.98. The Labute approximate surface area is 152 Å². The Morgan fingerprint density at radius 1 is 1.12 bits per heavy atom. The molecule has 0 saturated carbocycles. The highest BCUT2D eigenvalue weighted by Gasteiger charge is 2.18. The predicted molar refractivity (Wildman–Crippen MR) is 99.2 cm³/mol. The molecule has 0 radical (unpaired) electrons. The fourth-order valence-electron chi connectivity index (χ4n) is 2.10. The van der Waals surface area contributed by atoms with Crippen LogP contribution in [0.5, 0.6) is 5.75 Å². The smallest absolute Gasteiger partial charge is 0.251 e. The third-order valence-corrected chi connectivity index (χ3v) is 3.71. The molecule has 0 aliphatic heterocycles. The van der Waals surface area contributed by atoms with Crippen molar-refractivity contribution in [3.8, 4) is 5.75 Å². The number of amides is 2. The van der Waals surface area contributed by atoms with Crippen molar-refractivity contribution in [2.45, 2.75) is 26.3 Å². The average molecular weight is 361 g/mol. The van der Waals surface area contributed by atoms with Crippen LogP contribution in [0.4, 0.5) is 5.69 Å². The van der Waals surface area contributed by atoms with Gasteiger partial charge < -0.3 is 15.4 Å². The fraction of sp³-hybridized carbons (Fsp3) is 0.263. The molecule has 0 aliphatic rings. The maximum Gasteiger partial charge on any atom is 0.251 e. The molecule has 1 atom stereocenters. The molecule has 0 aromatic heterocycles. The van der Waals surface area contributed by atoms with Crippen LogP contribution in [0, 0.1) is 0 Å². The van der Waals surface area contributed by atoms with E-state index in [0.717, 1.165) is 6.42 Å². The third kappa shape index (κ3) is 5.50. The third-order valence-electron chi connectivity index (χ3n) is 3.45. The van der Waals surface area contributed by atoms with Crippen LogP contribution in [0.1, 0.15) is 30.6 Å². The molecule has 1 unspecified atom stereocenters. The Hall–Kier alpha value is -2.53. The lowest BCUT2D eigenvalue weighted by atomic mass is 10.2. The highest BCUT2D eigenvalue weighted by Crippen LogP contribution is 2.24. The minimum Gasteiger partial charge on any atom is -0.491 e. The van der Waals surface area contributed by atoms with Crippen molar-refractivity contribution in [1.29, 1.82) is 0 Å². The molecule has 2 aromatic rings. The van der Waals surface area contributed by atoms with E-state index in [4.69, 9.17) is 16.3 Å². The fourth-order valence-corrected chi connectivity index (χ4v) is 2.22. The van der Waals surface area contributed by atoms with E-state index in [1.807, 2.05) is 19.1 Å². The van der Waals surface area contributed by atoms with E-state index in [1.165, 1.54) is 0 Å². The van der Waals surface area contributed by atoms with Gasteiger partial charge in [0, 0.05) is 10.6 Å². The van der Waals surface area contributed by atoms with Gasteiger partial charge in [-0.25, -0.2) is 0 Å². The van der Waals surface area contributed by atoms with E-state index in [9.17, 15) is 9.59 Å². The molecule has 132 valence electrons. The highest BCUT2D eigenvalue weighted by atomic mass is 35.5. The largest absolute Gasteiger partial charge is 0.491 e. The van der Waals surface area contributed by atoms with Crippen molar-refractivity contribution in [3.05, 3.63) is 59.1 Å². The minimum atomic E-state index is -0.706. The molecule has 0 aliphatic carbocycles. The molecule has 5 nitrogen and oxygen atoms in total. The van der Waals surface area contributed by atoms with Crippen LogP contribution in [0.25, 0.3) is 0 Å². The summed E-state index contributed by atoms with van der Waals surface area (Å²) in [5.41, 5.74) is 1.02.